The topological polar surface area (TPSA) is 69.0 Å². The molecule has 2 rings (SSSR count). The summed E-state index contributed by atoms with van der Waals surface area (Å²) in [4.78, 5) is 18.5. The zero-order valence-electron chi connectivity index (χ0n) is 11.1. The lowest BCUT2D eigenvalue weighted by atomic mass is 10.1. The van der Waals surface area contributed by atoms with E-state index in [-0.39, 0.29) is 11.9 Å². The minimum absolute atomic E-state index is 0.0416. The minimum Gasteiger partial charge on any atom is -0.333 e. The van der Waals surface area contributed by atoms with E-state index in [0.717, 1.165) is 32.5 Å². The van der Waals surface area contributed by atoms with Gasteiger partial charge < -0.3 is 10.2 Å². The van der Waals surface area contributed by atoms with Crippen molar-refractivity contribution in [3.8, 4) is 6.07 Å². The van der Waals surface area contributed by atoms with Crippen LogP contribution in [-0.4, -0.2) is 41.5 Å². The number of aromatic nitrogens is 1. The molecule has 1 amide bonds. The zero-order chi connectivity index (χ0) is 13.7. The molecule has 2 heterocycles. The molecular weight excluding hydrogens is 240 g/mol. The molecule has 1 aliphatic heterocycles. The number of nitriles is 1. The normalized spacial score (nSPS) is 18.0. The van der Waals surface area contributed by atoms with Crippen molar-refractivity contribution in [3.05, 3.63) is 29.6 Å². The second-order valence-corrected chi connectivity index (χ2v) is 4.69. The third-order valence-corrected chi connectivity index (χ3v) is 3.31. The van der Waals surface area contributed by atoms with Crippen LogP contribution in [0.3, 0.4) is 0 Å². The number of hydrogen-bond donors (Lipinski definition) is 1. The van der Waals surface area contributed by atoms with Crippen molar-refractivity contribution >= 4 is 5.91 Å². The Morgan fingerprint density at radius 1 is 1.63 bits per heavy atom. The molecule has 5 heteroatoms. The van der Waals surface area contributed by atoms with Gasteiger partial charge in [-0.2, -0.15) is 5.26 Å². The Hall–Kier alpha value is -1.93. The van der Waals surface area contributed by atoms with Gasteiger partial charge in [0.2, 0.25) is 0 Å². The van der Waals surface area contributed by atoms with E-state index in [1.807, 2.05) is 11.0 Å². The molecule has 100 valence electrons. The van der Waals surface area contributed by atoms with Crippen LogP contribution in [0, 0.1) is 11.3 Å². The van der Waals surface area contributed by atoms with E-state index in [4.69, 9.17) is 5.26 Å². The summed E-state index contributed by atoms with van der Waals surface area (Å²) in [5.74, 6) is -0.0416. The van der Waals surface area contributed by atoms with Crippen molar-refractivity contribution in [2.45, 2.75) is 25.8 Å². The molecule has 1 aromatic rings. The standard InChI is InChI=1S/C14H18N4O/c1-2-7-18(12-5-6-16-10-12)14(19)13-4-3-11(8-15)9-17-13/h3-4,9,12,16H,2,5-7,10H2,1H3. The van der Waals surface area contributed by atoms with Gasteiger partial charge in [-0.3, -0.25) is 4.79 Å². The predicted molar refractivity (Wildman–Crippen MR) is 71.6 cm³/mol. The van der Waals surface area contributed by atoms with E-state index in [0.29, 0.717) is 11.3 Å². The molecule has 0 aliphatic carbocycles. The number of amides is 1. The van der Waals surface area contributed by atoms with Gasteiger partial charge in [0.25, 0.3) is 5.91 Å². The average Bonchev–Trinajstić information content (AvgIpc) is 2.98. The van der Waals surface area contributed by atoms with Crippen LogP contribution < -0.4 is 5.32 Å². The zero-order valence-corrected chi connectivity index (χ0v) is 11.1. The minimum atomic E-state index is -0.0416. The van der Waals surface area contributed by atoms with Gasteiger partial charge in [-0.15, -0.1) is 0 Å². The number of hydrogen-bond acceptors (Lipinski definition) is 4. The molecule has 1 aliphatic rings. The van der Waals surface area contributed by atoms with Gasteiger partial charge in [0.05, 0.1) is 5.56 Å². The fraction of sp³-hybridized carbons (Fsp3) is 0.500. The first-order valence-electron chi connectivity index (χ1n) is 6.64. The van der Waals surface area contributed by atoms with Gasteiger partial charge in [0, 0.05) is 25.3 Å². The first kappa shape index (κ1) is 13.5. The van der Waals surface area contributed by atoms with E-state index in [1.54, 1.807) is 12.1 Å². The van der Waals surface area contributed by atoms with Crippen LogP contribution in [0.15, 0.2) is 18.3 Å². The Balaban J connectivity index is 2.15. The lowest BCUT2D eigenvalue weighted by Crippen LogP contribution is -2.42. The number of rotatable bonds is 4. The Morgan fingerprint density at radius 3 is 3.00 bits per heavy atom. The van der Waals surface area contributed by atoms with Gasteiger partial charge in [0.15, 0.2) is 0 Å². The molecule has 0 saturated carbocycles. The van der Waals surface area contributed by atoms with Crippen molar-refractivity contribution in [2.75, 3.05) is 19.6 Å². The van der Waals surface area contributed by atoms with Gasteiger partial charge in [0.1, 0.15) is 11.8 Å². The Morgan fingerprint density at radius 2 is 2.47 bits per heavy atom. The molecule has 0 aromatic carbocycles. The average molecular weight is 258 g/mol. The second kappa shape index (κ2) is 6.30. The van der Waals surface area contributed by atoms with Crippen LogP contribution in [0.2, 0.25) is 0 Å². The Bertz CT molecular complexity index is 471. The number of pyridine rings is 1. The predicted octanol–water partition coefficient (Wildman–Crippen LogP) is 1.17. The quantitative estimate of drug-likeness (QED) is 0.880. The molecule has 0 radical (unpaired) electrons. The molecule has 1 N–H and O–H groups in total. The van der Waals surface area contributed by atoms with Crippen LogP contribution in [0.5, 0.6) is 0 Å². The van der Waals surface area contributed by atoms with E-state index in [2.05, 4.69) is 17.2 Å². The van der Waals surface area contributed by atoms with Gasteiger partial charge in [-0.1, -0.05) is 6.92 Å². The van der Waals surface area contributed by atoms with Crippen molar-refractivity contribution in [3.63, 3.8) is 0 Å². The van der Waals surface area contributed by atoms with Crippen LogP contribution >= 0.6 is 0 Å². The van der Waals surface area contributed by atoms with Crippen LogP contribution in [0.25, 0.3) is 0 Å². The Kier molecular flexibility index (Phi) is 4.48. The highest BCUT2D eigenvalue weighted by atomic mass is 16.2. The maximum Gasteiger partial charge on any atom is 0.272 e. The molecule has 1 aromatic heterocycles. The largest absolute Gasteiger partial charge is 0.333 e. The molecule has 1 unspecified atom stereocenters. The number of carbonyl (C=O) groups is 1. The lowest BCUT2D eigenvalue weighted by molar-refractivity contribution is 0.0686. The maximum atomic E-state index is 12.5. The first-order valence-corrected chi connectivity index (χ1v) is 6.64. The highest BCUT2D eigenvalue weighted by Gasteiger charge is 2.27. The highest BCUT2D eigenvalue weighted by molar-refractivity contribution is 5.92. The van der Waals surface area contributed by atoms with Crippen LogP contribution in [-0.2, 0) is 0 Å². The molecule has 1 fully saturated rings. The number of carbonyl (C=O) groups excluding carboxylic acids is 1. The molecular formula is C14H18N4O. The summed E-state index contributed by atoms with van der Waals surface area (Å²) in [5.41, 5.74) is 0.889. The first-order chi connectivity index (χ1) is 9.26. The number of nitrogens with zero attached hydrogens (tertiary/aromatic N) is 3. The van der Waals surface area contributed by atoms with Crippen LogP contribution in [0.4, 0.5) is 0 Å². The summed E-state index contributed by atoms with van der Waals surface area (Å²) < 4.78 is 0. The van der Waals surface area contributed by atoms with Crippen molar-refractivity contribution < 1.29 is 4.79 Å². The fourth-order valence-electron chi connectivity index (χ4n) is 2.33. The van der Waals surface area contributed by atoms with Gasteiger partial charge in [-0.25, -0.2) is 4.98 Å². The highest BCUT2D eigenvalue weighted by Crippen LogP contribution is 2.13. The summed E-state index contributed by atoms with van der Waals surface area (Å²) >= 11 is 0. The van der Waals surface area contributed by atoms with E-state index in [9.17, 15) is 4.79 Å². The third-order valence-electron chi connectivity index (χ3n) is 3.31. The molecule has 1 saturated heterocycles. The summed E-state index contributed by atoms with van der Waals surface area (Å²) in [6, 6.07) is 5.53. The summed E-state index contributed by atoms with van der Waals surface area (Å²) in [5, 5.41) is 12.0. The molecule has 0 bridgehead atoms. The molecule has 19 heavy (non-hydrogen) atoms. The van der Waals surface area contributed by atoms with E-state index < -0.39 is 0 Å². The Labute approximate surface area is 113 Å². The summed E-state index contributed by atoms with van der Waals surface area (Å²) in [6.45, 7) is 4.61. The molecule has 1 atom stereocenters. The number of nitrogens with one attached hydrogen (secondary N) is 1. The van der Waals surface area contributed by atoms with Crippen molar-refractivity contribution in [1.82, 2.24) is 15.2 Å². The van der Waals surface area contributed by atoms with E-state index in [1.165, 1.54) is 6.20 Å². The summed E-state index contributed by atoms with van der Waals surface area (Å²) in [7, 11) is 0. The monoisotopic (exact) mass is 258 g/mol. The molecule has 0 spiro atoms. The third kappa shape index (κ3) is 3.09. The SMILES string of the molecule is CCCN(C(=O)c1ccc(C#N)cn1)C1CCNC1. The second-order valence-electron chi connectivity index (χ2n) is 4.69. The lowest BCUT2D eigenvalue weighted by Gasteiger charge is -2.27. The maximum absolute atomic E-state index is 12.5. The van der Waals surface area contributed by atoms with Gasteiger partial charge in [-0.05, 0) is 31.5 Å². The molecule has 5 nitrogen and oxygen atoms in total. The summed E-state index contributed by atoms with van der Waals surface area (Å²) in [6.07, 6.45) is 3.37. The van der Waals surface area contributed by atoms with Crippen LogP contribution in [0.1, 0.15) is 35.8 Å². The van der Waals surface area contributed by atoms with Gasteiger partial charge >= 0.3 is 0 Å². The fourth-order valence-corrected chi connectivity index (χ4v) is 2.33. The van der Waals surface area contributed by atoms with Crippen molar-refractivity contribution in [2.24, 2.45) is 0 Å². The van der Waals surface area contributed by atoms with Crippen molar-refractivity contribution in [1.29, 1.82) is 5.26 Å². The van der Waals surface area contributed by atoms with E-state index >= 15 is 0 Å². The smallest absolute Gasteiger partial charge is 0.272 e.